The Labute approximate surface area is 147 Å². The van der Waals surface area contributed by atoms with E-state index in [2.05, 4.69) is 5.32 Å². The van der Waals surface area contributed by atoms with Crippen molar-refractivity contribution in [2.24, 2.45) is 11.8 Å². The van der Waals surface area contributed by atoms with Gasteiger partial charge in [0, 0.05) is 25.9 Å². The van der Waals surface area contributed by atoms with Crippen LogP contribution < -0.4 is 15.0 Å². The maximum absolute atomic E-state index is 12.3. The van der Waals surface area contributed by atoms with Gasteiger partial charge in [0.2, 0.25) is 11.8 Å². The molecule has 2 rings (SSSR count). The van der Waals surface area contributed by atoms with Crippen molar-refractivity contribution in [2.75, 3.05) is 24.6 Å². The predicted molar refractivity (Wildman–Crippen MR) is 92.5 cm³/mol. The van der Waals surface area contributed by atoms with Crippen molar-refractivity contribution < 1.29 is 24.2 Å². The van der Waals surface area contributed by atoms with E-state index in [-0.39, 0.29) is 37.1 Å². The molecule has 1 heterocycles. The number of benzene rings is 1. The molecule has 2 atom stereocenters. The van der Waals surface area contributed by atoms with E-state index in [9.17, 15) is 14.4 Å². The van der Waals surface area contributed by atoms with Crippen LogP contribution in [-0.4, -0.2) is 42.6 Å². The van der Waals surface area contributed by atoms with Crippen molar-refractivity contribution in [2.45, 2.75) is 26.7 Å². The second-order valence-corrected chi connectivity index (χ2v) is 6.25. The Hall–Kier alpha value is -2.57. The zero-order valence-corrected chi connectivity index (χ0v) is 14.5. The number of nitrogens with zero attached hydrogens (tertiary/aromatic N) is 1. The normalized spacial score (nSPS) is 18.1. The Morgan fingerprint density at radius 1 is 1.40 bits per heavy atom. The number of aliphatic carboxylic acids is 1. The highest BCUT2D eigenvalue weighted by atomic mass is 16.5. The number of rotatable bonds is 8. The molecule has 1 aliphatic heterocycles. The molecule has 0 aromatic heterocycles. The molecule has 0 radical (unpaired) electrons. The van der Waals surface area contributed by atoms with E-state index in [0.717, 1.165) is 0 Å². The third-order valence-electron chi connectivity index (χ3n) is 4.10. The van der Waals surface area contributed by atoms with Crippen molar-refractivity contribution in [3.63, 3.8) is 0 Å². The van der Waals surface area contributed by atoms with Gasteiger partial charge in [-0.1, -0.05) is 19.1 Å². The number of carbonyl (C=O) groups is 3. The highest BCUT2D eigenvalue weighted by Crippen LogP contribution is 2.33. The Morgan fingerprint density at radius 2 is 2.12 bits per heavy atom. The number of carboxylic acid groups (broad SMARTS) is 1. The van der Waals surface area contributed by atoms with Gasteiger partial charge in [-0.25, -0.2) is 0 Å². The molecule has 1 fully saturated rings. The van der Waals surface area contributed by atoms with Gasteiger partial charge in [-0.3, -0.25) is 14.4 Å². The molecule has 2 amide bonds. The molecule has 2 unspecified atom stereocenters. The highest BCUT2D eigenvalue weighted by molar-refractivity contribution is 6.01. The second kappa shape index (κ2) is 8.50. The molecule has 2 N–H and O–H groups in total. The topological polar surface area (TPSA) is 95.9 Å². The Bertz CT molecular complexity index is 646. The third-order valence-corrected chi connectivity index (χ3v) is 4.10. The lowest BCUT2D eigenvalue weighted by atomic mass is 10.1. The number of hydrogen-bond acceptors (Lipinski definition) is 4. The van der Waals surface area contributed by atoms with Gasteiger partial charge >= 0.3 is 5.97 Å². The van der Waals surface area contributed by atoms with E-state index in [1.54, 1.807) is 24.0 Å². The van der Waals surface area contributed by atoms with Crippen LogP contribution in [0.3, 0.4) is 0 Å². The third kappa shape index (κ3) is 4.95. The van der Waals surface area contributed by atoms with Crippen LogP contribution in [0.2, 0.25) is 0 Å². The number of para-hydroxylation sites is 2. The summed E-state index contributed by atoms with van der Waals surface area (Å²) < 4.78 is 5.56. The molecule has 136 valence electrons. The van der Waals surface area contributed by atoms with Gasteiger partial charge in [0.05, 0.1) is 18.2 Å². The number of carboxylic acids is 1. The molecule has 1 aromatic rings. The summed E-state index contributed by atoms with van der Waals surface area (Å²) in [6.07, 6.45) is 0.136. The minimum atomic E-state index is -0.892. The average molecular weight is 348 g/mol. The molecule has 1 saturated heterocycles. The first kappa shape index (κ1) is 18.8. The van der Waals surface area contributed by atoms with Crippen LogP contribution in [-0.2, 0) is 14.4 Å². The molecule has 25 heavy (non-hydrogen) atoms. The fraction of sp³-hybridized carbons (Fsp3) is 0.500. The first-order valence-electron chi connectivity index (χ1n) is 8.44. The van der Waals surface area contributed by atoms with Gasteiger partial charge < -0.3 is 20.1 Å². The van der Waals surface area contributed by atoms with Crippen molar-refractivity contribution in [1.29, 1.82) is 0 Å². The zero-order chi connectivity index (χ0) is 18.4. The molecular weight excluding hydrogens is 324 g/mol. The molecule has 1 aliphatic rings. The smallest absolute Gasteiger partial charge is 0.303 e. The SMILES string of the molecule is CCOc1ccccc1N1CC(C(=O)NCC(C)CC(=O)O)CC1=O. The summed E-state index contributed by atoms with van der Waals surface area (Å²) in [4.78, 5) is 36.9. The van der Waals surface area contributed by atoms with Crippen molar-refractivity contribution in [3.05, 3.63) is 24.3 Å². The standard InChI is InChI=1S/C18H24N2O5/c1-3-25-15-7-5-4-6-14(15)20-11-13(9-16(20)21)18(24)19-10-12(2)8-17(22)23/h4-7,12-13H,3,8-11H2,1-2H3,(H,19,24)(H,22,23). The van der Waals surface area contributed by atoms with Crippen LogP contribution in [0.4, 0.5) is 5.69 Å². The molecule has 7 nitrogen and oxygen atoms in total. The zero-order valence-electron chi connectivity index (χ0n) is 14.5. The number of hydrogen-bond donors (Lipinski definition) is 2. The number of amides is 2. The molecule has 0 spiro atoms. The maximum atomic E-state index is 12.3. The van der Waals surface area contributed by atoms with Crippen molar-refractivity contribution in [3.8, 4) is 5.75 Å². The van der Waals surface area contributed by atoms with Crippen LogP contribution in [0.1, 0.15) is 26.7 Å². The van der Waals surface area contributed by atoms with Gasteiger partial charge in [-0.05, 0) is 25.0 Å². The monoisotopic (exact) mass is 348 g/mol. The fourth-order valence-corrected chi connectivity index (χ4v) is 2.86. The minimum Gasteiger partial charge on any atom is -0.492 e. The van der Waals surface area contributed by atoms with Gasteiger partial charge in [-0.15, -0.1) is 0 Å². The Kier molecular flexibility index (Phi) is 6.38. The quantitative estimate of drug-likeness (QED) is 0.745. The molecule has 0 aliphatic carbocycles. The molecule has 0 bridgehead atoms. The van der Waals surface area contributed by atoms with E-state index in [4.69, 9.17) is 9.84 Å². The average Bonchev–Trinajstić information content (AvgIpc) is 2.94. The predicted octanol–water partition coefficient (Wildman–Crippen LogP) is 1.67. The van der Waals surface area contributed by atoms with Gasteiger partial charge in [-0.2, -0.15) is 0 Å². The van der Waals surface area contributed by atoms with Gasteiger partial charge in [0.25, 0.3) is 0 Å². The van der Waals surface area contributed by atoms with Crippen molar-refractivity contribution in [1.82, 2.24) is 5.32 Å². The highest BCUT2D eigenvalue weighted by Gasteiger charge is 2.36. The number of anilines is 1. The summed E-state index contributed by atoms with van der Waals surface area (Å²) in [7, 11) is 0. The van der Waals surface area contributed by atoms with Gasteiger partial charge in [0.1, 0.15) is 5.75 Å². The van der Waals surface area contributed by atoms with Crippen LogP contribution in [0, 0.1) is 11.8 Å². The summed E-state index contributed by atoms with van der Waals surface area (Å²) >= 11 is 0. The first-order valence-corrected chi connectivity index (χ1v) is 8.44. The molecular formula is C18H24N2O5. The summed E-state index contributed by atoms with van der Waals surface area (Å²) in [6, 6.07) is 7.26. The molecule has 0 saturated carbocycles. The molecule has 7 heteroatoms. The van der Waals surface area contributed by atoms with E-state index in [1.807, 2.05) is 19.1 Å². The largest absolute Gasteiger partial charge is 0.492 e. The van der Waals surface area contributed by atoms with E-state index in [1.165, 1.54) is 0 Å². The summed E-state index contributed by atoms with van der Waals surface area (Å²) in [6.45, 7) is 4.70. The maximum Gasteiger partial charge on any atom is 0.303 e. The number of nitrogens with one attached hydrogen (secondary N) is 1. The van der Waals surface area contributed by atoms with E-state index in [0.29, 0.717) is 24.6 Å². The van der Waals surface area contributed by atoms with Crippen LogP contribution >= 0.6 is 0 Å². The van der Waals surface area contributed by atoms with Crippen LogP contribution in [0.5, 0.6) is 5.75 Å². The fourth-order valence-electron chi connectivity index (χ4n) is 2.86. The van der Waals surface area contributed by atoms with Crippen molar-refractivity contribution >= 4 is 23.5 Å². The van der Waals surface area contributed by atoms with Gasteiger partial charge in [0.15, 0.2) is 0 Å². The lowest BCUT2D eigenvalue weighted by Crippen LogP contribution is -2.35. The summed E-state index contributed by atoms with van der Waals surface area (Å²) in [5.74, 6) is -1.22. The summed E-state index contributed by atoms with van der Waals surface area (Å²) in [5.41, 5.74) is 0.670. The number of ether oxygens (including phenoxy) is 1. The second-order valence-electron chi connectivity index (χ2n) is 6.25. The van der Waals surface area contributed by atoms with Crippen LogP contribution in [0.15, 0.2) is 24.3 Å². The minimum absolute atomic E-state index is 0.00225. The lowest BCUT2D eigenvalue weighted by Gasteiger charge is -2.20. The number of carbonyl (C=O) groups excluding carboxylic acids is 2. The van der Waals surface area contributed by atoms with Crippen LogP contribution in [0.25, 0.3) is 0 Å². The van der Waals surface area contributed by atoms with E-state index < -0.39 is 11.9 Å². The molecule has 1 aromatic carbocycles. The lowest BCUT2D eigenvalue weighted by molar-refractivity contribution is -0.138. The van der Waals surface area contributed by atoms with E-state index >= 15 is 0 Å². The Morgan fingerprint density at radius 3 is 2.80 bits per heavy atom. The first-order chi connectivity index (χ1) is 11.9. The Balaban J connectivity index is 1.98. The summed E-state index contributed by atoms with van der Waals surface area (Å²) in [5, 5.41) is 11.5.